The van der Waals surface area contributed by atoms with Gasteiger partial charge in [0.1, 0.15) is 0 Å². The highest BCUT2D eigenvalue weighted by atomic mass is 15.0. The molecule has 0 aliphatic rings. The van der Waals surface area contributed by atoms with Crippen molar-refractivity contribution in [2.75, 3.05) is 0 Å². The molecule has 0 aliphatic carbocycles. The Kier molecular flexibility index (Phi) is 3.36. The summed E-state index contributed by atoms with van der Waals surface area (Å²) in [5.41, 5.74) is 6.65. The molecule has 126 valence electrons. The summed E-state index contributed by atoms with van der Waals surface area (Å²) < 4.78 is 2.49. The van der Waals surface area contributed by atoms with Crippen LogP contribution in [0.5, 0.6) is 0 Å². The van der Waals surface area contributed by atoms with E-state index in [1.165, 1.54) is 49.3 Å². The molecule has 0 saturated carbocycles. The van der Waals surface area contributed by atoms with E-state index < -0.39 is 0 Å². The van der Waals surface area contributed by atoms with Crippen LogP contribution in [0.1, 0.15) is 16.7 Å². The van der Waals surface area contributed by atoms with Crippen LogP contribution in [0.15, 0.2) is 78.9 Å². The number of fused-ring (bicyclic) bond motifs is 5. The van der Waals surface area contributed by atoms with Gasteiger partial charge >= 0.3 is 0 Å². The molecule has 0 spiro atoms. The highest BCUT2D eigenvalue weighted by Gasteiger charge is 2.13. The molecule has 5 aromatic rings. The molecular weight excluding hydrogens is 314 g/mol. The molecule has 1 nitrogen and oxygen atoms in total. The Labute approximate surface area is 153 Å². The second-order valence-corrected chi connectivity index (χ2v) is 7.28. The normalized spacial score (nSPS) is 11.6. The summed E-state index contributed by atoms with van der Waals surface area (Å²) in [6, 6.07) is 28.8. The third-order valence-corrected chi connectivity index (χ3v) is 5.28. The lowest BCUT2D eigenvalue weighted by Gasteiger charge is -2.11. The Balaban J connectivity index is 1.87. The van der Waals surface area contributed by atoms with Crippen molar-refractivity contribution >= 4 is 32.6 Å². The van der Waals surface area contributed by atoms with Gasteiger partial charge in [0.25, 0.3) is 0 Å². The lowest BCUT2D eigenvalue weighted by molar-refractivity contribution is 0.869. The van der Waals surface area contributed by atoms with E-state index in [9.17, 15) is 0 Å². The van der Waals surface area contributed by atoms with Gasteiger partial charge in [0, 0.05) is 28.2 Å². The average molecular weight is 335 g/mol. The zero-order chi connectivity index (χ0) is 17.7. The average Bonchev–Trinajstić information content (AvgIpc) is 2.95. The van der Waals surface area contributed by atoms with Crippen LogP contribution in [0.4, 0.5) is 0 Å². The number of rotatable bonds is 2. The molecule has 0 radical (unpaired) electrons. The first kappa shape index (κ1) is 15.2. The fourth-order valence-corrected chi connectivity index (χ4v) is 4.33. The van der Waals surface area contributed by atoms with Crippen molar-refractivity contribution < 1.29 is 0 Å². The molecule has 0 bridgehead atoms. The van der Waals surface area contributed by atoms with Crippen LogP contribution in [0, 0.1) is 13.8 Å². The van der Waals surface area contributed by atoms with Gasteiger partial charge in [-0.3, -0.25) is 0 Å². The van der Waals surface area contributed by atoms with Gasteiger partial charge in [-0.2, -0.15) is 0 Å². The standard InChI is InChI=1S/C25H21N/c1-17-13-18(2)15-19(14-17)16-26-24-10-6-5-9-22(24)23-12-11-20-7-3-4-8-21(20)25(23)26/h3-15H,16H2,1-2H3. The smallest absolute Gasteiger partial charge is 0.0574 e. The Morgan fingerprint density at radius 1 is 0.654 bits per heavy atom. The van der Waals surface area contributed by atoms with E-state index in [2.05, 4.69) is 97.3 Å². The number of aromatic nitrogens is 1. The summed E-state index contributed by atoms with van der Waals surface area (Å²) in [6.07, 6.45) is 0. The summed E-state index contributed by atoms with van der Waals surface area (Å²) in [4.78, 5) is 0. The maximum atomic E-state index is 2.49. The van der Waals surface area contributed by atoms with E-state index in [0.29, 0.717) is 0 Å². The molecule has 5 rings (SSSR count). The van der Waals surface area contributed by atoms with Gasteiger partial charge < -0.3 is 4.57 Å². The SMILES string of the molecule is Cc1cc(C)cc(Cn2c3ccccc3c3ccc4ccccc4c32)c1. The molecule has 1 heteroatoms. The fraction of sp³-hybridized carbons (Fsp3) is 0.120. The minimum absolute atomic E-state index is 0.889. The summed E-state index contributed by atoms with van der Waals surface area (Å²) in [5, 5.41) is 5.29. The lowest BCUT2D eigenvalue weighted by atomic mass is 10.1. The van der Waals surface area contributed by atoms with Crippen molar-refractivity contribution in [3.05, 3.63) is 95.6 Å². The fourth-order valence-electron chi connectivity index (χ4n) is 4.33. The molecule has 0 unspecified atom stereocenters. The van der Waals surface area contributed by atoms with Crippen LogP contribution < -0.4 is 0 Å². The first-order chi connectivity index (χ1) is 12.7. The lowest BCUT2D eigenvalue weighted by Crippen LogP contribution is -2.00. The molecule has 4 aromatic carbocycles. The van der Waals surface area contributed by atoms with Gasteiger partial charge in [-0.25, -0.2) is 0 Å². The number of benzene rings is 4. The van der Waals surface area contributed by atoms with E-state index in [1.54, 1.807) is 0 Å². The van der Waals surface area contributed by atoms with Gasteiger partial charge in [-0.15, -0.1) is 0 Å². The summed E-state index contributed by atoms with van der Waals surface area (Å²) in [7, 11) is 0. The third kappa shape index (κ3) is 2.32. The number of hydrogen-bond donors (Lipinski definition) is 0. The van der Waals surface area contributed by atoms with Crippen molar-refractivity contribution in [2.45, 2.75) is 20.4 Å². The van der Waals surface area contributed by atoms with Crippen molar-refractivity contribution in [3.8, 4) is 0 Å². The predicted molar refractivity (Wildman–Crippen MR) is 112 cm³/mol. The Bertz CT molecular complexity index is 1250. The molecule has 0 fully saturated rings. The maximum Gasteiger partial charge on any atom is 0.0574 e. The van der Waals surface area contributed by atoms with E-state index >= 15 is 0 Å². The molecule has 1 aromatic heterocycles. The van der Waals surface area contributed by atoms with E-state index in [-0.39, 0.29) is 0 Å². The first-order valence-electron chi connectivity index (χ1n) is 9.16. The Morgan fingerprint density at radius 2 is 1.35 bits per heavy atom. The third-order valence-electron chi connectivity index (χ3n) is 5.28. The number of para-hydroxylation sites is 1. The minimum atomic E-state index is 0.889. The van der Waals surface area contributed by atoms with Gasteiger partial charge in [0.2, 0.25) is 0 Å². The predicted octanol–water partition coefficient (Wildman–Crippen LogP) is 6.61. The monoisotopic (exact) mass is 335 g/mol. The van der Waals surface area contributed by atoms with Crippen LogP contribution in [-0.4, -0.2) is 4.57 Å². The molecule has 26 heavy (non-hydrogen) atoms. The Morgan fingerprint density at radius 3 is 2.15 bits per heavy atom. The van der Waals surface area contributed by atoms with Crippen LogP contribution in [-0.2, 0) is 6.54 Å². The second kappa shape index (κ2) is 5.74. The molecule has 1 heterocycles. The van der Waals surface area contributed by atoms with E-state index in [4.69, 9.17) is 0 Å². The summed E-state index contributed by atoms with van der Waals surface area (Å²) in [6.45, 7) is 5.25. The van der Waals surface area contributed by atoms with Gasteiger partial charge in [0.05, 0.1) is 5.52 Å². The van der Waals surface area contributed by atoms with Crippen molar-refractivity contribution in [3.63, 3.8) is 0 Å². The van der Waals surface area contributed by atoms with Crippen molar-refractivity contribution in [1.82, 2.24) is 4.57 Å². The quantitative estimate of drug-likeness (QED) is 0.342. The molecular formula is C25H21N. The zero-order valence-electron chi connectivity index (χ0n) is 15.2. The zero-order valence-corrected chi connectivity index (χ0v) is 15.2. The van der Waals surface area contributed by atoms with Crippen LogP contribution in [0.2, 0.25) is 0 Å². The Hall–Kier alpha value is -3.06. The molecule has 0 aliphatic heterocycles. The van der Waals surface area contributed by atoms with Crippen LogP contribution >= 0.6 is 0 Å². The topological polar surface area (TPSA) is 4.93 Å². The maximum absolute atomic E-state index is 2.49. The molecule has 0 saturated heterocycles. The van der Waals surface area contributed by atoms with Gasteiger partial charge in [-0.05, 0) is 30.9 Å². The van der Waals surface area contributed by atoms with Gasteiger partial charge in [0.15, 0.2) is 0 Å². The minimum Gasteiger partial charge on any atom is -0.335 e. The number of aryl methyl sites for hydroxylation is 2. The molecule has 0 N–H and O–H groups in total. The highest BCUT2D eigenvalue weighted by Crippen LogP contribution is 2.34. The van der Waals surface area contributed by atoms with Gasteiger partial charge in [-0.1, -0.05) is 83.9 Å². The number of hydrogen-bond acceptors (Lipinski definition) is 0. The summed E-state index contributed by atoms with van der Waals surface area (Å²) >= 11 is 0. The van der Waals surface area contributed by atoms with E-state index in [1.807, 2.05) is 0 Å². The highest BCUT2D eigenvalue weighted by molar-refractivity contribution is 6.17. The van der Waals surface area contributed by atoms with E-state index in [0.717, 1.165) is 6.54 Å². The molecule has 0 amide bonds. The second-order valence-electron chi connectivity index (χ2n) is 7.28. The van der Waals surface area contributed by atoms with Crippen LogP contribution in [0.25, 0.3) is 32.6 Å². The van der Waals surface area contributed by atoms with Crippen molar-refractivity contribution in [2.24, 2.45) is 0 Å². The van der Waals surface area contributed by atoms with Crippen LogP contribution in [0.3, 0.4) is 0 Å². The largest absolute Gasteiger partial charge is 0.335 e. The molecule has 0 atom stereocenters. The van der Waals surface area contributed by atoms with Crippen molar-refractivity contribution in [1.29, 1.82) is 0 Å². The summed E-state index contributed by atoms with van der Waals surface area (Å²) in [5.74, 6) is 0. The first-order valence-corrected chi connectivity index (χ1v) is 9.16. The number of nitrogens with zero attached hydrogens (tertiary/aromatic N) is 1.